The summed E-state index contributed by atoms with van der Waals surface area (Å²) in [7, 11) is 0. The number of amides is 1. The first-order valence-electron chi connectivity index (χ1n) is 8.89. The maximum absolute atomic E-state index is 12.2. The van der Waals surface area contributed by atoms with Crippen LogP contribution < -0.4 is 0 Å². The molecule has 27 heavy (non-hydrogen) atoms. The molecule has 2 aliphatic heterocycles. The third-order valence-corrected chi connectivity index (χ3v) is 4.26. The van der Waals surface area contributed by atoms with E-state index in [2.05, 4.69) is 16.1 Å². The van der Waals surface area contributed by atoms with Gasteiger partial charge in [-0.25, -0.2) is 4.79 Å². The third kappa shape index (κ3) is 8.92. The first-order valence-corrected chi connectivity index (χ1v) is 8.89. The summed E-state index contributed by atoms with van der Waals surface area (Å²) in [6, 6.07) is 12.5. The molecule has 2 fully saturated rings. The van der Waals surface area contributed by atoms with Crippen molar-refractivity contribution in [1.29, 1.82) is 0 Å². The first kappa shape index (κ1) is 26.3. The minimum absolute atomic E-state index is 0. The number of rotatable bonds is 1. The average molecular weight is 461 g/mol. The first-order chi connectivity index (χ1) is 12.3. The predicted molar refractivity (Wildman–Crippen MR) is 95.0 cm³/mol. The molecule has 2 saturated heterocycles. The quantitative estimate of drug-likeness (QED) is 0.550. The summed E-state index contributed by atoms with van der Waals surface area (Å²) >= 11 is 0. The van der Waals surface area contributed by atoms with E-state index in [9.17, 15) is 18.0 Å². The van der Waals surface area contributed by atoms with Crippen molar-refractivity contribution < 1.29 is 55.4 Å². The van der Waals surface area contributed by atoms with E-state index in [4.69, 9.17) is 0 Å². The van der Waals surface area contributed by atoms with Gasteiger partial charge in [-0.05, 0) is 6.92 Å². The van der Waals surface area contributed by atoms with E-state index in [-0.39, 0.29) is 38.1 Å². The summed E-state index contributed by atoms with van der Waals surface area (Å²) in [4.78, 5) is 12.8. The molecular weight excluding hydrogens is 434 g/mol. The van der Waals surface area contributed by atoms with Gasteiger partial charge in [-0.15, -0.1) is 13.1 Å². The molecule has 1 amide bonds. The summed E-state index contributed by atoms with van der Waals surface area (Å²) < 4.78 is 41.1. The van der Waals surface area contributed by atoms with Gasteiger partial charge in [0.15, 0.2) is 6.10 Å². The normalized spacial score (nSPS) is 18.4. The number of hydrogen-bond acceptors (Lipinski definition) is 2. The van der Waals surface area contributed by atoms with Crippen LogP contribution >= 0.6 is 0 Å². The van der Waals surface area contributed by atoms with Crippen molar-refractivity contribution >= 4 is 6.09 Å². The van der Waals surface area contributed by atoms with Gasteiger partial charge in [-0.1, -0.05) is 26.7 Å². The van der Waals surface area contributed by atoms with Crippen LogP contribution in [0.15, 0.2) is 30.3 Å². The van der Waals surface area contributed by atoms with Gasteiger partial charge in [0.05, 0.1) is 0 Å². The van der Waals surface area contributed by atoms with Crippen LogP contribution in [-0.2, 0) is 37.4 Å². The minimum atomic E-state index is -4.50. The van der Waals surface area contributed by atoms with Gasteiger partial charge in [0, 0.05) is 51.2 Å². The maximum Gasteiger partial charge on any atom is 0.425 e. The molecule has 4 nitrogen and oxygen atoms in total. The zero-order valence-corrected chi connectivity index (χ0v) is 19.0. The number of piperidine rings is 1. The molecule has 1 aromatic rings. The smallest absolute Gasteiger partial charge is 0.425 e. The Kier molecular flexibility index (Phi) is 12.4. The van der Waals surface area contributed by atoms with Gasteiger partial charge in [0.25, 0.3) is 0 Å². The van der Waals surface area contributed by atoms with Crippen LogP contribution in [0.25, 0.3) is 5.32 Å². The van der Waals surface area contributed by atoms with Gasteiger partial charge in [0.1, 0.15) is 0 Å². The van der Waals surface area contributed by atoms with E-state index in [1.165, 1.54) is 4.90 Å². The van der Waals surface area contributed by atoms with Gasteiger partial charge in [0.2, 0.25) is 0 Å². The minimum Gasteiger partial charge on any atom is -0.662 e. The molecule has 2 aliphatic rings. The monoisotopic (exact) mass is 461 g/mol. The van der Waals surface area contributed by atoms with E-state index in [0.29, 0.717) is 13.1 Å². The number of benzene rings is 1. The molecule has 1 spiro atoms. The molecule has 0 aliphatic carbocycles. The van der Waals surface area contributed by atoms with Crippen LogP contribution in [0.3, 0.4) is 0 Å². The average Bonchev–Trinajstić information content (AvgIpc) is 2.63. The molecule has 8 heteroatoms. The number of ether oxygens (including phenoxy) is 1. The van der Waals surface area contributed by atoms with E-state index in [1.54, 1.807) is 0 Å². The van der Waals surface area contributed by atoms with Gasteiger partial charge in [-0.2, -0.15) is 49.6 Å². The molecule has 0 N–H and O–H groups in total. The Balaban J connectivity index is 0.000000634. The Morgan fingerprint density at radius 1 is 1.15 bits per heavy atom. The summed E-state index contributed by atoms with van der Waals surface area (Å²) in [5.74, 6) is 0. The van der Waals surface area contributed by atoms with Crippen molar-refractivity contribution in [1.82, 2.24) is 4.90 Å². The van der Waals surface area contributed by atoms with E-state index in [1.807, 2.05) is 44.2 Å². The van der Waals surface area contributed by atoms with E-state index >= 15 is 0 Å². The zero-order chi connectivity index (χ0) is 19.6. The molecule has 1 aromatic carbocycles. The molecule has 1 atom stereocenters. The van der Waals surface area contributed by atoms with Crippen molar-refractivity contribution in [3.63, 3.8) is 0 Å². The number of nitrogens with zero attached hydrogens (tertiary/aromatic N) is 2. The molecule has 151 valence electrons. The van der Waals surface area contributed by atoms with Gasteiger partial charge >= 0.3 is 12.3 Å². The molecule has 1 radical (unpaired) electrons. The number of carbonyl (C=O) groups is 1. The summed E-state index contributed by atoms with van der Waals surface area (Å²) in [6.07, 6.45) is -5.60. The Bertz CT molecular complexity index is 489. The van der Waals surface area contributed by atoms with E-state index < -0.39 is 18.4 Å². The van der Waals surface area contributed by atoms with Crippen molar-refractivity contribution in [2.45, 2.75) is 45.9 Å². The van der Waals surface area contributed by atoms with Gasteiger partial charge in [-0.3, -0.25) is 0 Å². The van der Waals surface area contributed by atoms with Crippen LogP contribution in [0.4, 0.5) is 18.0 Å². The van der Waals surface area contributed by atoms with Crippen molar-refractivity contribution in [2.75, 3.05) is 26.2 Å². The fraction of sp³-hybridized carbons (Fsp3) is 0.632. The van der Waals surface area contributed by atoms with Crippen LogP contribution in [-0.4, -0.2) is 49.5 Å². The molecule has 0 bridgehead atoms. The summed E-state index contributed by atoms with van der Waals surface area (Å²) in [5.41, 5.74) is 0.0717. The van der Waals surface area contributed by atoms with Crippen molar-refractivity contribution in [2.24, 2.45) is 5.41 Å². The number of alkyl halides is 3. The molecule has 0 saturated carbocycles. The second kappa shape index (κ2) is 12.7. The van der Waals surface area contributed by atoms with Crippen LogP contribution in [0.5, 0.6) is 0 Å². The Hall–Kier alpha value is -0.656. The van der Waals surface area contributed by atoms with E-state index in [0.717, 1.165) is 32.9 Å². The van der Waals surface area contributed by atoms with Crippen LogP contribution in [0.1, 0.15) is 33.6 Å². The molecule has 2 heterocycles. The SMILES string of the molecule is CC.CC(OC(=O)N1CC2(CC[N-]CC2)C1)C(F)(F)F.[Y].[c-]1ccccc1. The standard InChI is InChI=1S/C11H16F3N2O2.C6H5.C2H6.Y/c1-8(11(12,13)14)18-9(17)16-6-10(7-16)2-4-15-5-3-10;1-2-4-6-5-3-1;1-2;/h8H,2-7H2,1H3;1-5H;1-2H3;/q2*-1;;. The fourth-order valence-corrected chi connectivity index (χ4v) is 2.71. The van der Waals surface area contributed by atoms with Crippen LogP contribution in [0, 0.1) is 11.5 Å². The number of halogens is 3. The van der Waals surface area contributed by atoms with Crippen LogP contribution in [0.2, 0.25) is 0 Å². The largest absolute Gasteiger partial charge is 0.662 e. The number of carbonyl (C=O) groups excluding carboxylic acids is 1. The number of hydrogen-bond donors (Lipinski definition) is 0. The Labute approximate surface area is 185 Å². The second-order valence-electron chi connectivity index (χ2n) is 6.17. The molecular formula is C19H27F3N2O2Y-2. The maximum atomic E-state index is 12.2. The topological polar surface area (TPSA) is 43.6 Å². The zero-order valence-electron chi connectivity index (χ0n) is 16.1. The molecule has 0 aromatic heterocycles. The predicted octanol–water partition coefficient (Wildman–Crippen LogP) is 5.05. The Morgan fingerprint density at radius 2 is 1.67 bits per heavy atom. The molecule has 1 unspecified atom stereocenters. The molecule has 3 rings (SSSR count). The summed E-state index contributed by atoms with van der Waals surface area (Å²) in [5, 5.41) is 4.22. The van der Waals surface area contributed by atoms with Gasteiger partial charge < -0.3 is 15.0 Å². The summed E-state index contributed by atoms with van der Waals surface area (Å²) in [6.45, 7) is 7.38. The van der Waals surface area contributed by atoms with Crippen molar-refractivity contribution in [3.8, 4) is 0 Å². The Morgan fingerprint density at radius 3 is 2.04 bits per heavy atom. The van der Waals surface area contributed by atoms with Crippen molar-refractivity contribution in [3.05, 3.63) is 41.7 Å². The second-order valence-corrected chi connectivity index (χ2v) is 6.17. The fourth-order valence-electron chi connectivity index (χ4n) is 2.71. The third-order valence-electron chi connectivity index (χ3n) is 4.26. The number of likely N-dealkylation sites (tertiary alicyclic amines) is 1.